The summed E-state index contributed by atoms with van der Waals surface area (Å²) in [7, 11) is 0. The van der Waals surface area contributed by atoms with Crippen molar-refractivity contribution < 1.29 is 9.84 Å². The molecule has 0 unspecified atom stereocenters. The van der Waals surface area contributed by atoms with Crippen LogP contribution in [0.1, 0.15) is 11.3 Å². The average Bonchev–Trinajstić information content (AvgIpc) is 2.76. The third kappa shape index (κ3) is 2.60. The van der Waals surface area contributed by atoms with Gasteiger partial charge in [0.15, 0.2) is 10.7 Å². The van der Waals surface area contributed by atoms with Gasteiger partial charge >= 0.3 is 0 Å². The van der Waals surface area contributed by atoms with Gasteiger partial charge in [-0.15, -0.1) is 0 Å². The summed E-state index contributed by atoms with van der Waals surface area (Å²) in [6, 6.07) is 9.98. The van der Waals surface area contributed by atoms with Gasteiger partial charge in [0.1, 0.15) is 0 Å². The van der Waals surface area contributed by atoms with E-state index in [1.807, 2.05) is 30.3 Å². The molecule has 0 spiro atoms. The SMILES string of the molecule is ON=Cc1nonc1SCc1ccccc1. The third-order valence-corrected chi connectivity index (χ3v) is 2.92. The lowest BCUT2D eigenvalue weighted by Crippen LogP contribution is -1.86. The summed E-state index contributed by atoms with van der Waals surface area (Å²) in [4.78, 5) is 0. The fourth-order valence-corrected chi connectivity index (χ4v) is 1.97. The number of nitrogens with zero attached hydrogens (tertiary/aromatic N) is 3. The molecule has 0 bridgehead atoms. The summed E-state index contributed by atoms with van der Waals surface area (Å²) < 4.78 is 4.56. The van der Waals surface area contributed by atoms with Gasteiger partial charge in [0.25, 0.3) is 0 Å². The van der Waals surface area contributed by atoms with Gasteiger partial charge in [-0.2, -0.15) is 0 Å². The molecule has 0 aliphatic heterocycles. The number of thioether (sulfide) groups is 1. The molecular weight excluding hydrogens is 226 g/mol. The summed E-state index contributed by atoms with van der Waals surface area (Å²) in [6.07, 6.45) is 1.20. The van der Waals surface area contributed by atoms with Gasteiger partial charge in [0.2, 0.25) is 0 Å². The van der Waals surface area contributed by atoms with Gasteiger partial charge in [0.05, 0.1) is 6.21 Å². The molecule has 1 heterocycles. The Balaban J connectivity index is 2.02. The predicted molar refractivity (Wildman–Crippen MR) is 59.7 cm³/mol. The first-order valence-electron chi connectivity index (χ1n) is 4.57. The van der Waals surface area contributed by atoms with Gasteiger partial charge < -0.3 is 5.21 Å². The second kappa shape index (κ2) is 5.32. The molecule has 6 heteroatoms. The van der Waals surface area contributed by atoms with Crippen molar-refractivity contribution in [3.8, 4) is 0 Å². The molecule has 1 N–H and O–H groups in total. The zero-order chi connectivity index (χ0) is 11.2. The summed E-state index contributed by atoms with van der Waals surface area (Å²) in [5.74, 6) is 0.765. The molecule has 1 aromatic carbocycles. The lowest BCUT2D eigenvalue weighted by molar-refractivity contribution is 0.297. The average molecular weight is 235 g/mol. The molecule has 0 fully saturated rings. The normalized spacial score (nSPS) is 11.0. The van der Waals surface area contributed by atoms with Crippen molar-refractivity contribution in [1.29, 1.82) is 0 Å². The van der Waals surface area contributed by atoms with Crippen molar-refractivity contribution in [3.05, 3.63) is 41.6 Å². The maximum Gasteiger partial charge on any atom is 0.170 e. The van der Waals surface area contributed by atoms with Crippen LogP contribution >= 0.6 is 11.8 Å². The zero-order valence-corrected chi connectivity index (χ0v) is 9.09. The second-order valence-corrected chi connectivity index (χ2v) is 3.94. The summed E-state index contributed by atoms with van der Waals surface area (Å²) in [5, 5.41) is 19.2. The molecule has 0 amide bonds. The van der Waals surface area contributed by atoms with E-state index in [1.54, 1.807) is 0 Å². The fraction of sp³-hybridized carbons (Fsp3) is 0.100. The predicted octanol–water partition coefficient (Wildman–Crippen LogP) is 2.17. The van der Waals surface area contributed by atoms with E-state index >= 15 is 0 Å². The number of rotatable bonds is 4. The Labute approximate surface area is 96.1 Å². The number of benzene rings is 1. The van der Waals surface area contributed by atoms with Crippen LogP contribution < -0.4 is 0 Å². The van der Waals surface area contributed by atoms with Crippen LogP contribution in [0.25, 0.3) is 0 Å². The molecule has 0 atom stereocenters. The van der Waals surface area contributed by atoms with Crippen LogP contribution in [0.3, 0.4) is 0 Å². The molecule has 82 valence electrons. The van der Waals surface area contributed by atoms with Gasteiger partial charge in [-0.3, -0.25) is 0 Å². The molecule has 0 saturated carbocycles. The Kier molecular flexibility index (Phi) is 3.55. The van der Waals surface area contributed by atoms with E-state index in [4.69, 9.17) is 5.21 Å². The van der Waals surface area contributed by atoms with Gasteiger partial charge in [0, 0.05) is 5.75 Å². The molecule has 5 nitrogen and oxygen atoms in total. The van der Waals surface area contributed by atoms with E-state index in [0.29, 0.717) is 10.7 Å². The van der Waals surface area contributed by atoms with Crippen LogP contribution in [0.5, 0.6) is 0 Å². The molecule has 0 saturated heterocycles. The van der Waals surface area contributed by atoms with Crippen LogP contribution in [0.4, 0.5) is 0 Å². The lowest BCUT2D eigenvalue weighted by atomic mass is 10.2. The highest BCUT2D eigenvalue weighted by Gasteiger charge is 2.08. The van der Waals surface area contributed by atoms with Gasteiger partial charge in [-0.1, -0.05) is 47.2 Å². The summed E-state index contributed by atoms with van der Waals surface area (Å²) in [5.41, 5.74) is 1.62. The molecule has 0 aliphatic rings. The molecular formula is C10H9N3O2S. The molecule has 1 aromatic heterocycles. The van der Waals surface area contributed by atoms with E-state index in [9.17, 15) is 0 Å². The number of oxime groups is 1. The monoisotopic (exact) mass is 235 g/mol. The Morgan fingerprint density at radius 3 is 2.88 bits per heavy atom. The Bertz CT molecular complexity index is 470. The number of hydrogen-bond acceptors (Lipinski definition) is 6. The molecule has 2 aromatic rings. The first-order chi connectivity index (χ1) is 7.90. The topological polar surface area (TPSA) is 71.5 Å². The molecule has 0 aliphatic carbocycles. The van der Waals surface area contributed by atoms with Crippen LogP contribution in [0.2, 0.25) is 0 Å². The quantitative estimate of drug-likeness (QED) is 0.380. The van der Waals surface area contributed by atoms with Gasteiger partial charge in [-0.05, 0) is 15.9 Å². The minimum Gasteiger partial charge on any atom is -0.411 e. The van der Waals surface area contributed by atoms with Crippen molar-refractivity contribution in [1.82, 2.24) is 10.3 Å². The first-order valence-corrected chi connectivity index (χ1v) is 5.55. The van der Waals surface area contributed by atoms with E-state index in [1.165, 1.54) is 23.5 Å². The number of aromatic nitrogens is 2. The van der Waals surface area contributed by atoms with E-state index < -0.39 is 0 Å². The van der Waals surface area contributed by atoms with E-state index in [-0.39, 0.29) is 0 Å². The van der Waals surface area contributed by atoms with E-state index in [2.05, 4.69) is 20.1 Å². The van der Waals surface area contributed by atoms with Crippen molar-refractivity contribution in [2.75, 3.05) is 0 Å². The highest BCUT2D eigenvalue weighted by atomic mass is 32.2. The van der Waals surface area contributed by atoms with Crippen molar-refractivity contribution in [2.24, 2.45) is 5.16 Å². The highest BCUT2D eigenvalue weighted by Crippen LogP contribution is 2.22. The maximum absolute atomic E-state index is 8.40. The fourth-order valence-electron chi connectivity index (χ4n) is 1.15. The summed E-state index contributed by atoms with van der Waals surface area (Å²) in [6.45, 7) is 0. The largest absolute Gasteiger partial charge is 0.411 e. The second-order valence-electron chi connectivity index (χ2n) is 2.97. The van der Waals surface area contributed by atoms with Crippen molar-refractivity contribution in [3.63, 3.8) is 0 Å². The molecule has 16 heavy (non-hydrogen) atoms. The van der Waals surface area contributed by atoms with E-state index in [0.717, 1.165) is 5.75 Å². The summed E-state index contributed by atoms with van der Waals surface area (Å²) >= 11 is 1.48. The van der Waals surface area contributed by atoms with Crippen LogP contribution in [0, 0.1) is 0 Å². The van der Waals surface area contributed by atoms with Crippen LogP contribution in [-0.2, 0) is 5.75 Å². The van der Waals surface area contributed by atoms with Crippen molar-refractivity contribution >= 4 is 18.0 Å². The highest BCUT2D eigenvalue weighted by molar-refractivity contribution is 7.98. The first kappa shape index (κ1) is 10.7. The zero-order valence-electron chi connectivity index (χ0n) is 8.28. The number of hydrogen-bond donors (Lipinski definition) is 1. The smallest absolute Gasteiger partial charge is 0.170 e. The lowest BCUT2D eigenvalue weighted by Gasteiger charge is -1.97. The molecule has 0 radical (unpaired) electrons. The minimum atomic E-state index is 0.434. The van der Waals surface area contributed by atoms with Gasteiger partial charge in [-0.25, -0.2) is 4.63 Å². The third-order valence-electron chi connectivity index (χ3n) is 1.88. The standard InChI is InChI=1S/C10H9N3O2S/c14-11-6-9-10(13-15-12-9)16-7-8-4-2-1-3-5-8/h1-6,14H,7H2. The van der Waals surface area contributed by atoms with Crippen molar-refractivity contribution in [2.45, 2.75) is 10.8 Å². The Morgan fingerprint density at radius 2 is 2.12 bits per heavy atom. The maximum atomic E-state index is 8.40. The Hall–Kier alpha value is -1.82. The molecule has 2 rings (SSSR count). The Morgan fingerprint density at radius 1 is 1.31 bits per heavy atom. The van der Waals surface area contributed by atoms with Crippen LogP contribution in [-0.4, -0.2) is 21.7 Å². The van der Waals surface area contributed by atoms with Crippen LogP contribution in [0.15, 0.2) is 45.1 Å². The minimum absolute atomic E-state index is 0.434.